The van der Waals surface area contributed by atoms with Gasteiger partial charge in [-0.25, -0.2) is 0 Å². The van der Waals surface area contributed by atoms with E-state index in [1.807, 2.05) is 18.2 Å². The van der Waals surface area contributed by atoms with E-state index in [2.05, 4.69) is 10.6 Å². The monoisotopic (exact) mass is 303 g/mol. The van der Waals surface area contributed by atoms with Gasteiger partial charge in [0.15, 0.2) is 0 Å². The number of carbonyl (C=O) groups excluding carboxylic acids is 2. The van der Waals surface area contributed by atoms with E-state index in [0.717, 1.165) is 5.56 Å². The number of amides is 2. The predicted octanol–water partition coefficient (Wildman–Crippen LogP) is -0.115. The lowest BCUT2D eigenvalue weighted by Crippen LogP contribution is -2.52. The summed E-state index contributed by atoms with van der Waals surface area (Å²) in [5.41, 5.74) is 1.53. The van der Waals surface area contributed by atoms with Gasteiger partial charge in [0, 0.05) is 18.3 Å². The van der Waals surface area contributed by atoms with E-state index in [-0.39, 0.29) is 30.9 Å². The Labute approximate surface area is 127 Å². The molecule has 1 aromatic carbocycles. The molecule has 2 aliphatic heterocycles. The molecule has 7 nitrogen and oxygen atoms in total. The number of hydrogen-bond donors (Lipinski definition) is 3. The third-order valence-corrected chi connectivity index (χ3v) is 4.12. The highest BCUT2D eigenvalue weighted by molar-refractivity contribution is 6.05. The van der Waals surface area contributed by atoms with Crippen molar-refractivity contribution in [3.8, 4) is 0 Å². The van der Waals surface area contributed by atoms with Crippen molar-refractivity contribution in [3.63, 3.8) is 0 Å². The number of nitrogens with zero attached hydrogens (tertiary/aromatic N) is 1. The van der Waals surface area contributed by atoms with Crippen molar-refractivity contribution in [1.82, 2.24) is 10.6 Å². The van der Waals surface area contributed by atoms with Crippen molar-refractivity contribution in [3.05, 3.63) is 29.8 Å². The number of hydrogen-bond acceptors (Lipinski definition) is 4. The minimum atomic E-state index is -0.819. The number of anilines is 1. The molecule has 22 heavy (non-hydrogen) atoms. The zero-order valence-corrected chi connectivity index (χ0v) is 11.9. The number of rotatable bonds is 3. The molecule has 3 rings (SSSR count). The number of nitrogens with one attached hydrogen (secondary N) is 2. The van der Waals surface area contributed by atoms with Gasteiger partial charge in [0.2, 0.25) is 11.8 Å². The zero-order valence-electron chi connectivity index (χ0n) is 11.9. The SMILES string of the molecule is O=C1CN(c2ccccc2C2CC(C(=O)O)CN2)C(=O)CN1. The summed E-state index contributed by atoms with van der Waals surface area (Å²) in [5, 5.41) is 14.8. The standard InChI is InChI=1S/C15H17N3O4/c19-13-8-18(14(20)7-17-13)12-4-2-1-3-10(12)11-5-9(6-16-11)15(21)22/h1-4,9,11,16H,5-8H2,(H,17,19)(H,21,22). The number of carbonyl (C=O) groups is 3. The summed E-state index contributed by atoms with van der Waals surface area (Å²) in [5.74, 6) is -1.61. The van der Waals surface area contributed by atoms with Crippen LogP contribution < -0.4 is 15.5 Å². The maximum atomic E-state index is 12.1. The fourth-order valence-corrected chi connectivity index (χ4v) is 2.97. The third-order valence-electron chi connectivity index (χ3n) is 4.12. The van der Waals surface area contributed by atoms with E-state index in [1.54, 1.807) is 6.07 Å². The van der Waals surface area contributed by atoms with Crippen LogP contribution in [0.4, 0.5) is 5.69 Å². The first kappa shape index (κ1) is 14.5. The van der Waals surface area contributed by atoms with Crippen molar-refractivity contribution < 1.29 is 19.5 Å². The van der Waals surface area contributed by atoms with Crippen LogP contribution in [-0.2, 0) is 14.4 Å². The second-order valence-corrected chi connectivity index (χ2v) is 5.55. The first-order valence-corrected chi connectivity index (χ1v) is 7.18. The summed E-state index contributed by atoms with van der Waals surface area (Å²) in [6, 6.07) is 7.19. The van der Waals surface area contributed by atoms with Crippen LogP contribution in [-0.4, -0.2) is 42.5 Å². The fraction of sp³-hybridized carbons (Fsp3) is 0.400. The van der Waals surface area contributed by atoms with Crippen molar-refractivity contribution in [2.45, 2.75) is 12.5 Å². The molecule has 2 heterocycles. The topological polar surface area (TPSA) is 98.7 Å². The van der Waals surface area contributed by atoms with Crippen molar-refractivity contribution >= 4 is 23.5 Å². The molecule has 7 heteroatoms. The molecule has 2 aliphatic rings. The number of carboxylic acid groups (broad SMARTS) is 1. The Balaban J connectivity index is 1.89. The molecule has 3 N–H and O–H groups in total. The summed E-state index contributed by atoms with van der Waals surface area (Å²) >= 11 is 0. The Bertz CT molecular complexity index is 631. The van der Waals surface area contributed by atoms with Gasteiger partial charge in [-0.3, -0.25) is 14.4 Å². The number of aliphatic carboxylic acids is 1. The first-order valence-electron chi connectivity index (χ1n) is 7.18. The maximum absolute atomic E-state index is 12.1. The number of carboxylic acids is 1. The molecule has 0 saturated carbocycles. The molecular formula is C15H17N3O4. The summed E-state index contributed by atoms with van der Waals surface area (Å²) in [7, 11) is 0. The first-order chi connectivity index (χ1) is 10.6. The Kier molecular flexibility index (Phi) is 3.81. The highest BCUT2D eigenvalue weighted by Gasteiger charge is 2.33. The van der Waals surface area contributed by atoms with Gasteiger partial charge < -0.3 is 20.6 Å². The Morgan fingerprint density at radius 1 is 1.27 bits per heavy atom. The molecule has 0 aliphatic carbocycles. The van der Waals surface area contributed by atoms with Crippen molar-refractivity contribution in [1.29, 1.82) is 0 Å². The van der Waals surface area contributed by atoms with Gasteiger partial charge in [0.05, 0.1) is 12.5 Å². The summed E-state index contributed by atoms with van der Waals surface area (Å²) in [4.78, 5) is 36.2. The van der Waals surface area contributed by atoms with Crippen LogP contribution in [0.3, 0.4) is 0 Å². The summed E-state index contributed by atoms with van der Waals surface area (Å²) in [6.07, 6.45) is 0.473. The van der Waals surface area contributed by atoms with E-state index < -0.39 is 11.9 Å². The lowest BCUT2D eigenvalue weighted by molar-refractivity contribution is -0.141. The molecule has 2 amide bonds. The molecule has 2 fully saturated rings. The largest absolute Gasteiger partial charge is 0.481 e. The quantitative estimate of drug-likeness (QED) is 0.723. The van der Waals surface area contributed by atoms with Crippen LogP contribution in [0.1, 0.15) is 18.0 Å². The lowest BCUT2D eigenvalue weighted by atomic mass is 9.98. The van der Waals surface area contributed by atoms with E-state index >= 15 is 0 Å². The minimum Gasteiger partial charge on any atom is -0.481 e. The van der Waals surface area contributed by atoms with Crippen LogP contribution in [0, 0.1) is 5.92 Å². The predicted molar refractivity (Wildman–Crippen MR) is 78.3 cm³/mol. The third kappa shape index (κ3) is 2.67. The van der Waals surface area contributed by atoms with E-state index in [1.165, 1.54) is 4.90 Å². The highest BCUT2D eigenvalue weighted by atomic mass is 16.4. The van der Waals surface area contributed by atoms with Gasteiger partial charge in [-0.2, -0.15) is 0 Å². The highest BCUT2D eigenvalue weighted by Crippen LogP contribution is 2.34. The smallest absolute Gasteiger partial charge is 0.307 e. The van der Waals surface area contributed by atoms with Crippen LogP contribution in [0.5, 0.6) is 0 Å². The second kappa shape index (κ2) is 5.76. The normalized spacial score (nSPS) is 25.2. The Morgan fingerprint density at radius 3 is 2.77 bits per heavy atom. The second-order valence-electron chi connectivity index (χ2n) is 5.55. The van der Waals surface area contributed by atoms with Gasteiger partial charge in [0.1, 0.15) is 6.54 Å². The molecular weight excluding hydrogens is 286 g/mol. The maximum Gasteiger partial charge on any atom is 0.307 e. The molecule has 2 saturated heterocycles. The van der Waals surface area contributed by atoms with Gasteiger partial charge in [-0.1, -0.05) is 18.2 Å². The molecule has 0 bridgehead atoms. The van der Waals surface area contributed by atoms with Gasteiger partial charge in [-0.05, 0) is 18.1 Å². The van der Waals surface area contributed by atoms with Crippen molar-refractivity contribution in [2.75, 3.05) is 24.5 Å². The number of piperazine rings is 1. The van der Waals surface area contributed by atoms with E-state index in [9.17, 15) is 14.4 Å². The lowest BCUT2D eigenvalue weighted by Gasteiger charge is -2.29. The van der Waals surface area contributed by atoms with Crippen LogP contribution in [0.15, 0.2) is 24.3 Å². The molecule has 0 spiro atoms. The molecule has 2 unspecified atom stereocenters. The van der Waals surface area contributed by atoms with Crippen molar-refractivity contribution in [2.24, 2.45) is 5.92 Å². The van der Waals surface area contributed by atoms with Gasteiger partial charge in [0.25, 0.3) is 0 Å². The molecule has 2 atom stereocenters. The Morgan fingerprint density at radius 2 is 2.05 bits per heavy atom. The van der Waals surface area contributed by atoms with Crippen LogP contribution >= 0.6 is 0 Å². The number of benzene rings is 1. The zero-order chi connectivity index (χ0) is 15.7. The molecule has 116 valence electrons. The number of para-hydroxylation sites is 1. The van der Waals surface area contributed by atoms with Crippen LogP contribution in [0.25, 0.3) is 0 Å². The Hall–Kier alpha value is -2.41. The van der Waals surface area contributed by atoms with E-state index in [0.29, 0.717) is 18.7 Å². The fourth-order valence-electron chi connectivity index (χ4n) is 2.97. The van der Waals surface area contributed by atoms with Gasteiger partial charge in [-0.15, -0.1) is 0 Å². The molecule has 0 aromatic heterocycles. The van der Waals surface area contributed by atoms with E-state index in [4.69, 9.17) is 5.11 Å². The minimum absolute atomic E-state index is 0.00900. The van der Waals surface area contributed by atoms with Crippen LogP contribution in [0.2, 0.25) is 0 Å². The molecule has 0 radical (unpaired) electrons. The van der Waals surface area contributed by atoms with Gasteiger partial charge >= 0.3 is 5.97 Å². The average molecular weight is 303 g/mol. The molecule has 1 aromatic rings. The summed E-state index contributed by atoms with van der Waals surface area (Å²) in [6.45, 7) is 0.386. The average Bonchev–Trinajstić information content (AvgIpc) is 3.00. The summed E-state index contributed by atoms with van der Waals surface area (Å²) < 4.78 is 0.